The Balaban J connectivity index is 1.63. The molecule has 5 rings (SSSR count). The lowest BCUT2D eigenvalue weighted by atomic mass is 9.83. The van der Waals surface area contributed by atoms with E-state index in [1.807, 2.05) is 4.68 Å². The number of tetrazole rings is 1. The molecule has 0 spiro atoms. The van der Waals surface area contributed by atoms with Gasteiger partial charge in [-0.2, -0.15) is 4.68 Å². The Morgan fingerprint density at radius 2 is 1.68 bits per heavy atom. The Bertz CT molecular complexity index is 1070. The predicted molar refractivity (Wildman–Crippen MR) is 111 cm³/mol. The summed E-state index contributed by atoms with van der Waals surface area (Å²) in [6, 6.07) is 17.4. The van der Waals surface area contributed by atoms with Crippen molar-refractivity contribution in [3.63, 3.8) is 0 Å². The van der Waals surface area contributed by atoms with Crippen molar-refractivity contribution in [2.24, 2.45) is 0 Å². The summed E-state index contributed by atoms with van der Waals surface area (Å²) in [5.41, 5.74) is 8.88. The van der Waals surface area contributed by atoms with E-state index >= 15 is 0 Å². The predicted octanol–water partition coefficient (Wildman–Crippen LogP) is 4.83. The fourth-order valence-corrected chi connectivity index (χ4v) is 4.17. The van der Waals surface area contributed by atoms with Gasteiger partial charge < -0.3 is 5.32 Å². The van der Waals surface area contributed by atoms with Crippen molar-refractivity contribution in [2.75, 3.05) is 5.32 Å². The number of rotatable bonds is 2. The van der Waals surface area contributed by atoms with E-state index in [1.165, 1.54) is 39.1 Å². The second-order valence-electron chi connectivity index (χ2n) is 7.72. The van der Waals surface area contributed by atoms with Crippen LogP contribution in [0.5, 0.6) is 0 Å². The van der Waals surface area contributed by atoms with Crippen LogP contribution in [0.2, 0.25) is 0 Å². The fourth-order valence-electron chi connectivity index (χ4n) is 4.17. The molecular weight excluding hydrogens is 346 g/mol. The van der Waals surface area contributed by atoms with Gasteiger partial charge in [-0.1, -0.05) is 64.8 Å². The van der Waals surface area contributed by atoms with E-state index in [9.17, 15) is 0 Å². The summed E-state index contributed by atoms with van der Waals surface area (Å²) in [6.45, 7) is 4.23. The topological polar surface area (TPSA) is 55.6 Å². The lowest BCUT2D eigenvalue weighted by molar-refractivity contribution is 0.524. The first-order chi connectivity index (χ1) is 13.7. The van der Waals surface area contributed by atoms with Crippen LogP contribution in [0.3, 0.4) is 0 Å². The molecule has 2 aromatic carbocycles. The molecule has 1 N–H and O–H groups in total. The largest absolute Gasteiger partial charge is 0.323 e. The zero-order valence-electron chi connectivity index (χ0n) is 16.2. The average Bonchev–Trinajstić information content (AvgIpc) is 3.17. The van der Waals surface area contributed by atoms with Crippen LogP contribution < -0.4 is 5.32 Å². The monoisotopic (exact) mass is 369 g/mol. The van der Waals surface area contributed by atoms with Crippen LogP contribution in [0.25, 0.3) is 6.08 Å². The number of nitrogens with one attached hydrogen (secondary N) is 1. The van der Waals surface area contributed by atoms with Gasteiger partial charge in [0.15, 0.2) is 0 Å². The maximum absolute atomic E-state index is 4.29. The van der Waals surface area contributed by atoms with Gasteiger partial charge in [-0.3, -0.25) is 0 Å². The van der Waals surface area contributed by atoms with Crippen molar-refractivity contribution in [1.29, 1.82) is 0 Å². The van der Waals surface area contributed by atoms with Gasteiger partial charge >= 0.3 is 0 Å². The minimum atomic E-state index is 0.0450. The van der Waals surface area contributed by atoms with Crippen LogP contribution >= 0.6 is 0 Å². The number of nitrogens with zero attached hydrogens (tertiary/aromatic N) is 4. The zero-order chi connectivity index (χ0) is 19.1. The number of hydrogen-bond donors (Lipinski definition) is 1. The highest BCUT2D eigenvalue weighted by molar-refractivity contribution is 5.65. The molecule has 0 fully saturated rings. The van der Waals surface area contributed by atoms with Crippen LogP contribution in [0.15, 0.2) is 65.4 Å². The van der Waals surface area contributed by atoms with Gasteiger partial charge in [-0.05, 0) is 71.9 Å². The normalized spacial score (nSPS) is 19.9. The number of aryl methyl sites for hydroxylation is 2. The third-order valence-electron chi connectivity index (χ3n) is 5.65. The lowest BCUT2D eigenvalue weighted by Gasteiger charge is -2.34. The van der Waals surface area contributed by atoms with Crippen molar-refractivity contribution < 1.29 is 0 Å². The minimum absolute atomic E-state index is 0.0450. The number of aromatic nitrogens is 4. The number of benzene rings is 2. The van der Waals surface area contributed by atoms with E-state index in [0.717, 1.165) is 19.3 Å². The van der Waals surface area contributed by atoms with Gasteiger partial charge in [0.25, 0.3) is 0 Å². The Morgan fingerprint density at radius 1 is 0.964 bits per heavy atom. The molecule has 0 bridgehead atoms. The molecule has 1 aliphatic heterocycles. The van der Waals surface area contributed by atoms with Gasteiger partial charge in [0.05, 0.1) is 0 Å². The molecule has 0 unspecified atom stereocenters. The summed E-state index contributed by atoms with van der Waals surface area (Å²) in [5, 5.41) is 15.9. The first-order valence-corrected chi connectivity index (χ1v) is 9.81. The number of allylic oxidation sites excluding steroid dienone is 2. The minimum Gasteiger partial charge on any atom is -0.323 e. The molecule has 140 valence electrons. The van der Waals surface area contributed by atoms with Crippen LogP contribution in [0.4, 0.5) is 5.95 Å². The highest BCUT2D eigenvalue weighted by Gasteiger charge is 2.33. The molecule has 2 heterocycles. The van der Waals surface area contributed by atoms with Gasteiger partial charge in [0.1, 0.15) is 6.04 Å². The van der Waals surface area contributed by atoms with Crippen LogP contribution in [0, 0.1) is 13.8 Å². The van der Waals surface area contributed by atoms with Gasteiger partial charge in [-0.15, -0.1) is 0 Å². The van der Waals surface area contributed by atoms with E-state index in [-0.39, 0.29) is 6.04 Å². The van der Waals surface area contributed by atoms with Crippen LogP contribution in [0.1, 0.15) is 47.6 Å². The molecule has 5 nitrogen and oxygen atoms in total. The summed E-state index contributed by atoms with van der Waals surface area (Å²) in [4.78, 5) is 0. The van der Waals surface area contributed by atoms with Gasteiger partial charge in [-0.25, -0.2) is 0 Å². The Kier molecular flexibility index (Phi) is 4.08. The standard InChI is InChI=1S/C23H23N5/c1-15-6-10-17(11-7-15)14-19-4-3-5-20-21(19)24-23-25-26-27-28(23)22(20)18-12-8-16(2)9-13-18/h6-14,22H,3-5H2,1-2H3,(H,24,25,27)/b19-14+/t22-/m1/s1. The molecule has 0 saturated heterocycles. The third-order valence-corrected chi connectivity index (χ3v) is 5.65. The third kappa shape index (κ3) is 2.93. The Hall–Kier alpha value is -3.21. The Labute approximate surface area is 164 Å². The number of fused-ring (bicyclic) bond motifs is 1. The van der Waals surface area contributed by atoms with E-state index in [4.69, 9.17) is 0 Å². The first-order valence-electron chi connectivity index (χ1n) is 9.81. The molecule has 2 aliphatic rings. The van der Waals surface area contributed by atoms with E-state index < -0.39 is 0 Å². The molecule has 1 aliphatic carbocycles. The lowest BCUT2D eigenvalue weighted by Crippen LogP contribution is -2.28. The summed E-state index contributed by atoms with van der Waals surface area (Å²) >= 11 is 0. The van der Waals surface area contributed by atoms with Gasteiger partial charge in [0.2, 0.25) is 5.95 Å². The molecular formula is C23H23N5. The summed E-state index contributed by atoms with van der Waals surface area (Å²) in [7, 11) is 0. The maximum Gasteiger partial charge on any atom is 0.248 e. The molecule has 0 amide bonds. The SMILES string of the molecule is Cc1ccc(/C=C2\CCCC3=C2Nc2nnnn2[C@@H]3c2ccc(C)cc2)cc1. The first kappa shape index (κ1) is 16.9. The zero-order valence-corrected chi connectivity index (χ0v) is 16.2. The quantitative estimate of drug-likeness (QED) is 0.703. The second kappa shape index (κ2) is 6.75. The summed E-state index contributed by atoms with van der Waals surface area (Å²) in [5.74, 6) is 0.709. The van der Waals surface area contributed by atoms with Crippen molar-refractivity contribution in [3.05, 3.63) is 87.6 Å². The molecule has 0 radical (unpaired) electrons. The smallest absolute Gasteiger partial charge is 0.248 e. The molecule has 0 saturated carbocycles. The van der Waals surface area contributed by atoms with Crippen molar-refractivity contribution in [2.45, 2.75) is 39.2 Å². The molecule has 5 heteroatoms. The van der Waals surface area contributed by atoms with Crippen molar-refractivity contribution >= 4 is 12.0 Å². The average molecular weight is 369 g/mol. The highest BCUT2D eigenvalue weighted by Crippen LogP contribution is 2.43. The summed E-state index contributed by atoms with van der Waals surface area (Å²) < 4.78 is 1.91. The van der Waals surface area contributed by atoms with Crippen LogP contribution in [-0.2, 0) is 0 Å². The molecule has 1 atom stereocenters. The summed E-state index contributed by atoms with van der Waals surface area (Å²) in [6.07, 6.45) is 5.54. The molecule has 3 aromatic rings. The van der Waals surface area contributed by atoms with E-state index in [1.54, 1.807) is 0 Å². The molecule has 28 heavy (non-hydrogen) atoms. The number of hydrogen-bond acceptors (Lipinski definition) is 4. The van der Waals surface area contributed by atoms with Crippen LogP contribution in [-0.4, -0.2) is 20.2 Å². The van der Waals surface area contributed by atoms with Crippen molar-refractivity contribution in [3.8, 4) is 0 Å². The molecule has 1 aromatic heterocycles. The number of anilines is 1. The second-order valence-corrected chi connectivity index (χ2v) is 7.72. The highest BCUT2D eigenvalue weighted by atomic mass is 15.6. The fraction of sp³-hybridized carbons (Fsp3) is 0.261. The van der Waals surface area contributed by atoms with Gasteiger partial charge in [0, 0.05) is 5.70 Å². The van der Waals surface area contributed by atoms with Crippen molar-refractivity contribution in [1.82, 2.24) is 20.2 Å². The van der Waals surface area contributed by atoms with E-state index in [0.29, 0.717) is 5.95 Å². The maximum atomic E-state index is 4.29. The van der Waals surface area contributed by atoms with E-state index in [2.05, 4.69) is 89.3 Å². The Morgan fingerprint density at radius 3 is 2.43 bits per heavy atom.